The number of alkyl halides is 5. The van der Waals surface area contributed by atoms with Gasteiger partial charge >= 0.3 is 12.3 Å². The third-order valence-electron chi connectivity index (χ3n) is 4.73. The lowest BCUT2D eigenvalue weighted by Gasteiger charge is -2.29. The topological polar surface area (TPSA) is 27.7 Å². The lowest BCUT2D eigenvalue weighted by Crippen LogP contribution is -2.27. The molecule has 3 nitrogen and oxygen atoms in total. The van der Waals surface area contributed by atoms with Crippen molar-refractivity contribution in [3.05, 3.63) is 64.7 Å². The van der Waals surface area contributed by atoms with E-state index in [1.807, 2.05) is 6.92 Å². The van der Waals surface area contributed by atoms with Crippen LogP contribution in [0, 0.1) is 17.6 Å². The van der Waals surface area contributed by atoms with Crippen molar-refractivity contribution >= 4 is 0 Å². The zero-order chi connectivity index (χ0) is 22.8. The van der Waals surface area contributed by atoms with Crippen LogP contribution in [-0.4, -0.2) is 13.2 Å². The van der Waals surface area contributed by atoms with Crippen LogP contribution in [0.5, 0.6) is 5.75 Å². The van der Waals surface area contributed by atoms with E-state index in [0.717, 1.165) is 25.0 Å². The fourth-order valence-corrected chi connectivity index (χ4v) is 3.22. The predicted molar refractivity (Wildman–Crippen MR) is 95.4 cm³/mol. The first kappa shape index (κ1) is 23.3. The van der Waals surface area contributed by atoms with Gasteiger partial charge in [0.1, 0.15) is 17.4 Å². The molecule has 3 rings (SSSR count). The van der Waals surface area contributed by atoms with Crippen LogP contribution in [0.25, 0.3) is 0 Å². The van der Waals surface area contributed by atoms with E-state index < -0.39 is 47.1 Å². The Hall–Kier alpha value is -2.33. The van der Waals surface area contributed by atoms with Gasteiger partial charge < -0.3 is 14.2 Å². The summed E-state index contributed by atoms with van der Waals surface area (Å²) in [5.74, 6) is -3.81. The highest BCUT2D eigenvalue weighted by Crippen LogP contribution is 2.38. The smallest absolute Gasteiger partial charge is 0.429 e. The minimum Gasteiger partial charge on any atom is -0.429 e. The molecule has 0 N–H and O–H groups in total. The van der Waals surface area contributed by atoms with Gasteiger partial charge in [0.15, 0.2) is 6.29 Å². The maximum absolute atomic E-state index is 14.4. The quantitative estimate of drug-likeness (QED) is 0.464. The average Bonchev–Trinajstić information content (AvgIpc) is 2.67. The fraction of sp³-hybridized carbons (Fsp3) is 0.429. The maximum atomic E-state index is 14.4. The summed E-state index contributed by atoms with van der Waals surface area (Å²) < 4.78 is 110. The molecule has 1 saturated heterocycles. The van der Waals surface area contributed by atoms with Crippen molar-refractivity contribution in [3.63, 3.8) is 0 Å². The molecule has 31 heavy (non-hydrogen) atoms. The van der Waals surface area contributed by atoms with Gasteiger partial charge in [-0.25, -0.2) is 8.78 Å². The number of ether oxygens (including phenoxy) is 3. The Balaban J connectivity index is 1.74. The minimum absolute atomic E-state index is 0.166. The number of benzene rings is 2. The first-order valence-corrected chi connectivity index (χ1v) is 9.48. The summed E-state index contributed by atoms with van der Waals surface area (Å²) in [5, 5.41) is 0. The Bertz CT molecular complexity index is 906. The van der Waals surface area contributed by atoms with Gasteiger partial charge in [0.25, 0.3) is 0 Å². The first-order valence-electron chi connectivity index (χ1n) is 9.48. The van der Waals surface area contributed by atoms with Crippen LogP contribution in [0.4, 0.5) is 30.7 Å². The molecule has 0 saturated carbocycles. The van der Waals surface area contributed by atoms with E-state index in [0.29, 0.717) is 19.3 Å². The van der Waals surface area contributed by atoms with Crippen LogP contribution < -0.4 is 4.74 Å². The van der Waals surface area contributed by atoms with Crippen LogP contribution in [0.2, 0.25) is 0 Å². The zero-order valence-electron chi connectivity index (χ0n) is 16.3. The van der Waals surface area contributed by atoms with E-state index in [1.165, 1.54) is 6.07 Å². The van der Waals surface area contributed by atoms with Crippen molar-refractivity contribution in [2.24, 2.45) is 5.92 Å². The summed E-state index contributed by atoms with van der Waals surface area (Å²) in [4.78, 5) is 0. The molecule has 1 aliphatic rings. The number of hydrogen-bond donors (Lipinski definition) is 0. The highest BCUT2D eigenvalue weighted by molar-refractivity contribution is 5.33. The molecule has 1 aliphatic heterocycles. The molecular weight excluding hydrogens is 433 g/mol. The number of halogens is 7. The second-order valence-electron chi connectivity index (χ2n) is 7.15. The molecule has 10 heteroatoms. The lowest BCUT2D eigenvalue weighted by molar-refractivity contribution is -0.206. The third-order valence-corrected chi connectivity index (χ3v) is 4.73. The summed E-state index contributed by atoms with van der Waals surface area (Å²) in [6.45, 7) is 2.79. The molecule has 170 valence electrons. The first-order chi connectivity index (χ1) is 14.5. The van der Waals surface area contributed by atoms with E-state index in [9.17, 15) is 30.7 Å². The van der Waals surface area contributed by atoms with Crippen LogP contribution >= 0.6 is 0 Å². The van der Waals surface area contributed by atoms with Crippen molar-refractivity contribution in [3.8, 4) is 5.75 Å². The van der Waals surface area contributed by atoms with Gasteiger partial charge in [0, 0.05) is 17.5 Å². The molecule has 0 aliphatic carbocycles. The molecule has 0 spiro atoms. The SMILES string of the molecule is CCCC1COC(c2ccc(C(F)(F)Oc3ccc(C(F)(F)F)c(F)c3)c(F)c2)OC1. The van der Waals surface area contributed by atoms with Gasteiger partial charge in [-0.1, -0.05) is 19.4 Å². The number of rotatable bonds is 6. The van der Waals surface area contributed by atoms with E-state index >= 15 is 0 Å². The summed E-state index contributed by atoms with van der Waals surface area (Å²) in [6.07, 6.45) is -8.32. The highest BCUT2D eigenvalue weighted by Gasteiger charge is 2.39. The average molecular weight is 452 g/mol. The summed E-state index contributed by atoms with van der Waals surface area (Å²) in [5.41, 5.74) is -2.61. The van der Waals surface area contributed by atoms with Crippen molar-refractivity contribution in [1.82, 2.24) is 0 Å². The summed E-state index contributed by atoms with van der Waals surface area (Å²) in [6, 6.07) is 3.71. The Morgan fingerprint density at radius 1 is 0.903 bits per heavy atom. The Morgan fingerprint density at radius 2 is 1.52 bits per heavy atom. The Labute approximate surface area is 173 Å². The maximum Gasteiger partial charge on any atom is 0.429 e. The molecule has 0 radical (unpaired) electrons. The summed E-state index contributed by atoms with van der Waals surface area (Å²) >= 11 is 0. The van der Waals surface area contributed by atoms with Crippen molar-refractivity contribution in [2.75, 3.05) is 13.2 Å². The van der Waals surface area contributed by atoms with Crippen molar-refractivity contribution in [2.45, 2.75) is 38.3 Å². The van der Waals surface area contributed by atoms with Crippen LogP contribution in [-0.2, 0) is 21.8 Å². The van der Waals surface area contributed by atoms with Gasteiger partial charge in [0.2, 0.25) is 0 Å². The molecule has 2 aromatic carbocycles. The van der Waals surface area contributed by atoms with E-state index in [2.05, 4.69) is 4.74 Å². The molecule has 0 amide bonds. The molecular formula is C21H19F7O3. The van der Waals surface area contributed by atoms with Gasteiger partial charge in [0.05, 0.1) is 24.3 Å². The predicted octanol–water partition coefficient (Wildman–Crippen LogP) is 6.57. The largest absolute Gasteiger partial charge is 0.429 e. The van der Waals surface area contributed by atoms with Crippen LogP contribution in [0.3, 0.4) is 0 Å². The van der Waals surface area contributed by atoms with Crippen LogP contribution in [0.1, 0.15) is 42.7 Å². The van der Waals surface area contributed by atoms with Crippen LogP contribution in [0.15, 0.2) is 36.4 Å². The molecule has 0 bridgehead atoms. The highest BCUT2D eigenvalue weighted by atomic mass is 19.4. The van der Waals surface area contributed by atoms with Crippen molar-refractivity contribution in [1.29, 1.82) is 0 Å². The lowest BCUT2D eigenvalue weighted by atomic mass is 10.0. The second-order valence-corrected chi connectivity index (χ2v) is 7.15. The fourth-order valence-electron chi connectivity index (χ4n) is 3.22. The van der Waals surface area contributed by atoms with Gasteiger partial charge in [-0.15, -0.1) is 0 Å². The molecule has 2 aromatic rings. The van der Waals surface area contributed by atoms with E-state index in [4.69, 9.17) is 9.47 Å². The number of hydrogen-bond acceptors (Lipinski definition) is 3. The van der Waals surface area contributed by atoms with E-state index in [-0.39, 0.29) is 23.6 Å². The Morgan fingerprint density at radius 3 is 2.06 bits per heavy atom. The third kappa shape index (κ3) is 5.48. The van der Waals surface area contributed by atoms with E-state index in [1.54, 1.807) is 0 Å². The molecule has 1 fully saturated rings. The standard InChI is InChI=1S/C21H19F7O3/c1-2-3-12-10-29-19(30-11-12)13-4-6-16(17(22)8-13)21(27,28)31-14-5-7-15(18(23)9-14)20(24,25)26/h4-9,12,19H,2-3,10-11H2,1H3. The molecule has 0 atom stereocenters. The summed E-state index contributed by atoms with van der Waals surface area (Å²) in [7, 11) is 0. The molecule has 0 unspecified atom stereocenters. The van der Waals surface area contributed by atoms with Gasteiger partial charge in [-0.2, -0.15) is 22.0 Å². The van der Waals surface area contributed by atoms with Crippen molar-refractivity contribution < 1.29 is 44.9 Å². The molecule has 0 aromatic heterocycles. The normalized spacial score (nSPS) is 20.0. The monoisotopic (exact) mass is 452 g/mol. The van der Waals surface area contributed by atoms with Gasteiger partial charge in [-0.3, -0.25) is 0 Å². The minimum atomic E-state index is -4.99. The van der Waals surface area contributed by atoms with Gasteiger partial charge in [-0.05, 0) is 30.7 Å². The molecule has 1 heterocycles. The zero-order valence-corrected chi connectivity index (χ0v) is 16.3. The second kappa shape index (κ2) is 9.04. The Kier molecular flexibility index (Phi) is 6.80.